The summed E-state index contributed by atoms with van der Waals surface area (Å²) < 4.78 is 33.4. The fourth-order valence-corrected chi connectivity index (χ4v) is 6.47. The molecule has 2 aromatic carbocycles. The maximum atomic E-state index is 13.5. The van der Waals surface area contributed by atoms with Gasteiger partial charge in [-0.15, -0.1) is 0 Å². The molecule has 2 aliphatic rings. The Morgan fingerprint density at radius 3 is 2.70 bits per heavy atom. The van der Waals surface area contributed by atoms with Gasteiger partial charge in [0.15, 0.2) is 0 Å². The van der Waals surface area contributed by atoms with Crippen molar-refractivity contribution in [1.82, 2.24) is 9.62 Å². The highest BCUT2D eigenvalue weighted by molar-refractivity contribution is 7.89. The Hall–Kier alpha value is -2.91. The summed E-state index contributed by atoms with van der Waals surface area (Å²) in [6.07, 6.45) is 1.70. The number of amides is 2. The Labute approximate surface area is 194 Å². The van der Waals surface area contributed by atoms with E-state index in [-0.39, 0.29) is 29.3 Å². The average molecular weight is 472 g/mol. The minimum Gasteiger partial charge on any atom is -0.497 e. The topological polar surface area (TPSA) is 96.0 Å². The highest BCUT2D eigenvalue weighted by Gasteiger charge is 2.40. The number of rotatable bonds is 6. The molecule has 2 amide bonds. The average Bonchev–Trinajstić information content (AvgIpc) is 3.41. The lowest BCUT2D eigenvalue weighted by molar-refractivity contribution is -0.124. The number of hydrogen-bond donors (Lipinski definition) is 1. The zero-order chi connectivity index (χ0) is 23.8. The molecule has 0 unspecified atom stereocenters. The number of nitrogens with zero attached hydrogens (tertiary/aromatic N) is 2. The molecule has 1 fully saturated rings. The van der Waals surface area contributed by atoms with E-state index in [2.05, 4.69) is 5.32 Å². The Balaban J connectivity index is 1.51. The summed E-state index contributed by atoms with van der Waals surface area (Å²) in [5, 5.41) is 2.87. The molecule has 2 aliphatic heterocycles. The Kier molecular flexibility index (Phi) is 6.45. The van der Waals surface area contributed by atoms with Crippen LogP contribution in [0.2, 0.25) is 0 Å². The fraction of sp³-hybridized carbons (Fsp3) is 0.417. The van der Waals surface area contributed by atoms with Crippen molar-refractivity contribution in [1.29, 1.82) is 0 Å². The summed E-state index contributed by atoms with van der Waals surface area (Å²) in [4.78, 5) is 26.7. The molecule has 33 heavy (non-hydrogen) atoms. The molecule has 0 spiro atoms. The third-order valence-corrected chi connectivity index (χ3v) is 8.22. The molecule has 1 saturated heterocycles. The highest BCUT2D eigenvalue weighted by atomic mass is 32.2. The number of methoxy groups -OCH3 is 1. The van der Waals surface area contributed by atoms with E-state index in [9.17, 15) is 18.0 Å². The quantitative estimate of drug-likeness (QED) is 0.698. The van der Waals surface area contributed by atoms with E-state index in [1.807, 2.05) is 31.2 Å². The molecule has 0 aliphatic carbocycles. The van der Waals surface area contributed by atoms with Crippen LogP contribution in [0.5, 0.6) is 5.75 Å². The second-order valence-electron chi connectivity index (χ2n) is 8.58. The summed E-state index contributed by atoms with van der Waals surface area (Å²) >= 11 is 0. The predicted octanol–water partition coefficient (Wildman–Crippen LogP) is 2.46. The number of sulfonamides is 1. The molecule has 9 heteroatoms. The van der Waals surface area contributed by atoms with Crippen molar-refractivity contribution in [3.05, 3.63) is 53.6 Å². The van der Waals surface area contributed by atoms with Crippen LogP contribution >= 0.6 is 0 Å². The van der Waals surface area contributed by atoms with Gasteiger partial charge in [-0.2, -0.15) is 4.31 Å². The lowest BCUT2D eigenvalue weighted by atomic mass is 10.1. The monoisotopic (exact) mass is 471 g/mol. The number of fused-ring (bicyclic) bond motifs is 1. The molecule has 8 nitrogen and oxygen atoms in total. The summed E-state index contributed by atoms with van der Waals surface area (Å²) in [7, 11) is -2.27. The summed E-state index contributed by atoms with van der Waals surface area (Å²) in [5.74, 6) is 0.321. The first-order valence-corrected chi connectivity index (χ1v) is 12.5. The fourth-order valence-electron chi connectivity index (χ4n) is 4.76. The molecular formula is C24H29N3O5S. The number of benzene rings is 2. The van der Waals surface area contributed by atoms with Crippen LogP contribution in [0.3, 0.4) is 0 Å². The van der Waals surface area contributed by atoms with Crippen molar-refractivity contribution in [3.8, 4) is 5.75 Å². The van der Waals surface area contributed by atoms with Crippen LogP contribution in [0.1, 0.15) is 37.8 Å². The van der Waals surface area contributed by atoms with Crippen LogP contribution in [-0.4, -0.2) is 50.3 Å². The zero-order valence-corrected chi connectivity index (χ0v) is 19.9. The molecule has 176 valence electrons. The molecule has 0 aromatic heterocycles. The van der Waals surface area contributed by atoms with Gasteiger partial charge in [-0.1, -0.05) is 12.1 Å². The van der Waals surface area contributed by atoms with E-state index in [1.165, 1.54) is 17.3 Å². The van der Waals surface area contributed by atoms with Crippen molar-refractivity contribution < 1.29 is 22.7 Å². The zero-order valence-electron chi connectivity index (χ0n) is 19.1. The number of hydrogen-bond acceptors (Lipinski definition) is 5. The van der Waals surface area contributed by atoms with Gasteiger partial charge in [-0.3, -0.25) is 9.59 Å². The lowest BCUT2D eigenvalue weighted by Crippen LogP contribution is -2.45. The predicted molar refractivity (Wildman–Crippen MR) is 125 cm³/mol. The second-order valence-corrected chi connectivity index (χ2v) is 10.5. The van der Waals surface area contributed by atoms with Crippen LogP contribution in [-0.2, 0) is 32.6 Å². The highest BCUT2D eigenvalue weighted by Crippen LogP contribution is 2.35. The molecule has 2 atom stereocenters. The van der Waals surface area contributed by atoms with Crippen molar-refractivity contribution >= 4 is 27.5 Å². The molecule has 0 saturated carbocycles. The van der Waals surface area contributed by atoms with Gasteiger partial charge in [-0.25, -0.2) is 8.42 Å². The van der Waals surface area contributed by atoms with E-state index in [4.69, 9.17) is 4.74 Å². The van der Waals surface area contributed by atoms with Gasteiger partial charge in [0.1, 0.15) is 11.8 Å². The van der Waals surface area contributed by atoms with Gasteiger partial charge in [0.2, 0.25) is 21.8 Å². The minimum atomic E-state index is -3.85. The summed E-state index contributed by atoms with van der Waals surface area (Å²) in [6.45, 7) is 4.04. The van der Waals surface area contributed by atoms with Crippen LogP contribution < -0.4 is 15.0 Å². The van der Waals surface area contributed by atoms with Crippen molar-refractivity contribution in [2.45, 2.75) is 56.6 Å². The van der Waals surface area contributed by atoms with E-state index in [1.54, 1.807) is 24.1 Å². The van der Waals surface area contributed by atoms with Gasteiger partial charge >= 0.3 is 0 Å². The largest absolute Gasteiger partial charge is 0.497 e. The molecule has 1 N–H and O–H groups in total. The standard InChI is InChI=1S/C24H29N3O5S/c1-16-12-19-14-21(9-10-22(19)27(16)17(2)28)33(30,31)26-11-5-8-23(26)24(29)25-15-18-6-4-7-20(13-18)32-3/h4,6-7,9-10,13-14,16,23H,5,8,11-12,15H2,1-3H3,(H,25,29)/t16-,23+/m0/s1. The van der Waals surface area contributed by atoms with E-state index >= 15 is 0 Å². The van der Waals surface area contributed by atoms with Crippen molar-refractivity contribution in [3.63, 3.8) is 0 Å². The SMILES string of the molecule is COc1cccc(CNC(=O)[C@H]2CCCN2S(=O)(=O)c2ccc3c(c2)C[C@H](C)N3C(C)=O)c1. The first-order valence-electron chi connectivity index (χ1n) is 11.1. The normalized spacial score (nSPS) is 20.5. The van der Waals surface area contributed by atoms with Gasteiger partial charge < -0.3 is 15.0 Å². The summed E-state index contributed by atoms with van der Waals surface area (Å²) in [5.41, 5.74) is 2.46. The van der Waals surface area contributed by atoms with Gasteiger partial charge in [-0.05, 0) is 67.6 Å². The van der Waals surface area contributed by atoms with E-state index in [0.717, 1.165) is 16.8 Å². The molecular weight excluding hydrogens is 442 g/mol. The van der Waals surface area contributed by atoms with Gasteiger partial charge in [0.25, 0.3) is 0 Å². The number of carbonyl (C=O) groups excluding carboxylic acids is 2. The van der Waals surface area contributed by atoms with Crippen LogP contribution in [0.4, 0.5) is 5.69 Å². The lowest BCUT2D eigenvalue weighted by Gasteiger charge is -2.24. The smallest absolute Gasteiger partial charge is 0.243 e. The van der Waals surface area contributed by atoms with Crippen molar-refractivity contribution in [2.75, 3.05) is 18.6 Å². The van der Waals surface area contributed by atoms with Crippen molar-refractivity contribution in [2.24, 2.45) is 0 Å². The minimum absolute atomic E-state index is 0.0163. The third-order valence-electron chi connectivity index (χ3n) is 6.32. The van der Waals surface area contributed by atoms with Gasteiger partial charge in [0.05, 0.1) is 12.0 Å². The number of carbonyl (C=O) groups is 2. The molecule has 0 radical (unpaired) electrons. The third kappa shape index (κ3) is 4.47. The Morgan fingerprint density at radius 2 is 1.97 bits per heavy atom. The van der Waals surface area contributed by atoms with E-state index in [0.29, 0.717) is 31.6 Å². The Morgan fingerprint density at radius 1 is 1.18 bits per heavy atom. The number of anilines is 1. The second kappa shape index (κ2) is 9.15. The van der Waals surface area contributed by atoms with Gasteiger partial charge in [0, 0.05) is 31.7 Å². The Bertz CT molecular complexity index is 1180. The molecule has 2 heterocycles. The maximum absolute atomic E-state index is 13.5. The first-order chi connectivity index (χ1) is 15.7. The molecule has 0 bridgehead atoms. The van der Waals surface area contributed by atoms with Crippen LogP contribution in [0, 0.1) is 0 Å². The number of nitrogens with one attached hydrogen (secondary N) is 1. The number of ether oxygens (including phenoxy) is 1. The van der Waals surface area contributed by atoms with E-state index < -0.39 is 16.1 Å². The molecule has 2 aromatic rings. The summed E-state index contributed by atoms with van der Waals surface area (Å²) in [6, 6.07) is 11.5. The maximum Gasteiger partial charge on any atom is 0.243 e. The first kappa shape index (κ1) is 23.3. The molecule has 4 rings (SSSR count). The van der Waals surface area contributed by atoms with Crippen LogP contribution in [0.25, 0.3) is 0 Å². The van der Waals surface area contributed by atoms with Crippen LogP contribution in [0.15, 0.2) is 47.4 Å².